The number of benzene rings is 2. The highest BCUT2D eigenvalue weighted by atomic mass is 16.4. The molecule has 33 heavy (non-hydrogen) atoms. The molecule has 0 radical (unpaired) electrons. The number of nitrogens with zero attached hydrogens (tertiary/aromatic N) is 3. The molecule has 1 saturated heterocycles. The van der Waals surface area contributed by atoms with Gasteiger partial charge in [-0.2, -0.15) is 0 Å². The van der Waals surface area contributed by atoms with Crippen LogP contribution in [0.25, 0.3) is 22.1 Å². The molecule has 1 aliphatic rings. The molecule has 6 nitrogen and oxygen atoms in total. The summed E-state index contributed by atoms with van der Waals surface area (Å²) in [6.45, 7) is 5.05. The number of para-hydroxylation sites is 1. The summed E-state index contributed by atoms with van der Waals surface area (Å²) in [4.78, 5) is 36.9. The minimum absolute atomic E-state index is 0.0624. The molecule has 0 N–H and O–H groups in total. The first-order chi connectivity index (χ1) is 16.0. The van der Waals surface area contributed by atoms with E-state index in [0.29, 0.717) is 24.5 Å². The average molecular weight is 440 g/mol. The van der Waals surface area contributed by atoms with Crippen molar-refractivity contribution < 1.29 is 9.21 Å². The molecule has 6 heteroatoms. The van der Waals surface area contributed by atoms with E-state index in [1.54, 1.807) is 23.1 Å². The van der Waals surface area contributed by atoms with Crippen molar-refractivity contribution >= 4 is 16.9 Å². The highest BCUT2D eigenvalue weighted by Crippen LogP contribution is 2.33. The van der Waals surface area contributed by atoms with Gasteiger partial charge in [0.1, 0.15) is 17.0 Å². The standard InChI is InChI=1S/C27H25N3O3/c1-17-7-5-9-19(13-17)23-15-28-18(2)29-25(23)21-10-6-12-30(16-21)26(31)22-14-20-8-3-4-11-24(20)33-27(22)32/h3-5,7-9,11,13-15,21H,6,10,12,16H2,1-2H3. The van der Waals surface area contributed by atoms with Gasteiger partial charge in [0, 0.05) is 36.2 Å². The van der Waals surface area contributed by atoms with E-state index in [0.717, 1.165) is 35.0 Å². The van der Waals surface area contributed by atoms with Gasteiger partial charge in [-0.25, -0.2) is 14.8 Å². The Morgan fingerprint density at radius 2 is 1.94 bits per heavy atom. The highest BCUT2D eigenvalue weighted by molar-refractivity contribution is 5.96. The molecule has 0 aliphatic carbocycles. The van der Waals surface area contributed by atoms with Crippen molar-refractivity contribution in [2.24, 2.45) is 0 Å². The smallest absolute Gasteiger partial charge is 0.349 e. The van der Waals surface area contributed by atoms with E-state index in [4.69, 9.17) is 9.40 Å². The number of hydrogen-bond acceptors (Lipinski definition) is 5. The first-order valence-corrected chi connectivity index (χ1v) is 11.2. The summed E-state index contributed by atoms with van der Waals surface area (Å²) >= 11 is 0. The fraction of sp³-hybridized carbons (Fsp3) is 0.259. The quantitative estimate of drug-likeness (QED) is 0.425. The van der Waals surface area contributed by atoms with E-state index in [-0.39, 0.29) is 17.4 Å². The molecule has 0 spiro atoms. The van der Waals surface area contributed by atoms with Crippen molar-refractivity contribution in [1.29, 1.82) is 0 Å². The zero-order valence-corrected chi connectivity index (χ0v) is 18.7. The second kappa shape index (κ2) is 8.62. The molecular weight excluding hydrogens is 414 g/mol. The monoisotopic (exact) mass is 439 g/mol. The summed E-state index contributed by atoms with van der Waals surface area (Å²) in [6.07, 6.45) is 3.64. The Labute approximate surface area is 191 Å². The lowest BCUT2D eigenvalue weighted by Crippen LogP contribution is -2.41. The molecule has 1 aliphatic heterocycles. The minimum Gasteiger partial charge on any atom is -0.422 e. The third-order valence-corrected chi connectivity index (χ3v) is 6.23. The third kappa shape index (κ3) is 4.16. The van der Waals surface area contributed by atoms with Gasteiger partial charge in [0.15, 0.2) is 0 Å². The number of carbonyl (C=O) groups is 1. The Balaban J connectivity index is 1.48. The average Bonchev–Trinajstić information content (AvgIpc) is 2.83. The number of fused-ring (bicyclic) bond motifs is 1. The van der Waals surface area contributed by atoms with E-state index < -0.39 is 5.63 Å². The highest BCUT2D eigenvalue weighted by Gasteiger charge is 2.30. The van der Waals surface area contributed by atoms with Crippen LogP contribution in [0.3, 0.4) is 0 Å². The van der Waals surface area contributed by atoms with Crippen LogP contribution in [-0.4, -0.2) is 33.9 Å². The third-order valence-electron chi connectivity index (χ3n) is 6.23. The topological polar surface area (TPSA) is 76.3 Å². The van der Waals surface area contributed by atoms with Crippen molar-refractivity contribution in [2.45, 2.75) is 32.6 Å². The molecule has 0 saturated carbocycles. The van der Waals surface area contributed by atoms with Gasteiger partial charge < -0.3 is 9.32 Å². The van der Waals surface area contributed by atoms with E-state index >= 15 is 0 Å². The van der Waals surface area contributed by atoms with Crippen molar-refractivity contribution in [2.75, 3.05) is 13.1 Å². The summed E-state index contributed by atoms with van der Waals surface area (Å²) in [5, 5.41) is 0.738. The van der Waals surface area contributed by atoms with E-state index in [1.807, 2.05) is 31.3 Å². The molecule has 2 aromatic carbocycles. The summed E-state index contributed by atoms with van der Waals surface area (Å²) in [5.41, 5.74) is 4.15. The van der Waals surface area contributed by atoms with Gasteiger partial charge >= 0.3 is 5.63 Å². The molecule has 1 atom stereocenters. The van der Waals surface area contributed by atoms with Crippen LogP contribution in [0.15, 0.2) is 70.0 Å². The Kier molecular flexibility index (Phi) is 5.50. The van der Waals surface area contributed by atoms with Gasteiger partial charge in [0.2, 0.25) is 0 Å². The van der Waals surface area contributed by atoms with Crippen LogP contribution in [0.4, 0.5) is 0 Å². The van der Waals surface area contributed by atoms with Crippen molar-refractivity contribution in [1.82, 2.24) is 14.9 Å². The zero-order chi connectivity index (χ0) is 22.9. The van der Waals surface area contributed by atoms with Crippen LogP contribution in [0.1, 0.15) is 46.2 Å². The molecule has 166 valence electrons. The number of likely N-dealkylation sites (tertiary alicyclic amines) is 1. The number of amides is 1. The van der Waals surface area contributed by atoms with E-state index in [2.05, 4.69) is 30.1 Å². The Bertz CT molecular complexity index is 1410. The fourth-order valence-electron chi connectivity index (χ4n) is 4.60. The van der Waals surface area contributed by atoms with Crippen molar-refractivity contribution in [3.8, 4) is 11.1 Å². The predicted molar refractivity (Wildman–Crippen MR) is 127 cm³/mol. The van der Waals surface area contributed by atoms with Crippen LogP contribution in [0, 0.1) is 13.8 Å². The van der Waals surface area contributed by atoms with Crippen molar-refractivity contribution in [3.63, 3.8) is 0 Å². The van der Waals surface area contributed by atoms with Crippen LogP contribution >= 0.6 is 0 Å². The van der Waals surface area contributed by atoms with Crippen LogP contribution in [-0.2, 0) is 0 Å². The van der Waals surface area contributed by atoms with Crippen LogP contribution < -0.4 is 5.63 Å². The number of aromatic nitrogens is 2. The van der Waals surface area contributed by atoms with E-state index in [9.17, 15) is 9.59 Å². The van der Waals surface area contributed by atoms with Gasteiger partial charge in [-0.15, -0.1) is 0 Å². The summed E-state index contributed by atoms with van der Waals surface area (Å²) in [5.74, 6) is 0.481. The van der Waals surface area contributed by atoms with Gasteiger partial charge in [-0.1, -0.05) is 48.0 Å². The molecule has 1 fully saturated rings. The maximum absolute atomic E-state index is 13.3. The number of carbonyl (C=O) groups excluding carboxylic acids is 1. The molecule has 1 unspecified atom stereocenters. The summed E-state index contributed by atoms with van der Waals surface area (Å²) in [6, 6.07) is 17.2. The number of piperidine rings is 1. The maximum Gasteiger partial charge on any atom is 0.349 e. The Morgan fingerprint density at radius 1 is 1.09 bits per heavy atom. The zero-order valence-electron chi connectivity index (χ0n) is 18.7. The fourth-order valence-corrected chi connectivity index (χ4v) is 4.60. The molecular formula is C27H25N3O3. The predicted octanol–water partition coefficient (Wildman–Crippen LogP) is 4.89. The van der Waals surface area contributed by atoms with E-state index in [1.165, 1.54) is 5.56 Å². The molecule has 1 amide bonds. The molecule has 3 heterocycles. The normalized spacial score (nSPS) is 16.2. The number of aryl methyl sites for hydroxylation is 2. The largest absolute Gasteiger partial charge is 0.422 e. The van der Waals surface area contributed by atoms with Gasteiger partial charge in [-0.05, 0) is 44.4 Å². The molecule has 0 bridgehead atoms. The van der Waals surface area contributed by atoms with Gasteiger partial charge in [0.05, 0.1) is 5.69 Å². The number of rotatable bonds is 3. The summed E-state index contributed by atoms with van der Waals surface area (Å²) in [7, 11) is 0. The lowest BCUT2D eigenvalue weighted by molar-refractivity contribution is 0.0702. The van der Waals surface area contributed by atoms with Crippen LogP contribution in [0.5, 0.6) is 0 Å². The second-order valence-electron chi connectivity index (χ2n) is 8.66. The molecule has 4 aromatic rings. The lowest BCUT2D eigenvalue weighted by Gasteiger charge is -2.33. The lowest BCUT2D eigenvalue weighted by atomic mass is 9.89. The summed E-state index contributed by atoms with van der Waals surface area (Å²) < 4.78 is 5.40. The first-order valence-electron chi connectivity index (χ1n) is 11.2. The maximum atomic E-state index is 13.3. The molecule has 5 rings (SSSR count). The SMILES string of the molecule is Cc1cccc(-c2cnc(C)nc2C2CCCN(C(=O)c3cc4ccccc4oc3=O)C2)c1. The van der Waals surface area contributed by atoms with Crippen LogP contribution in [0.2, 0.25) is 0 Å². The molecule has 2 aromatic heterocycles. The Hall–Kier alpha value is -3.80. The van der Waals surface area contributed by atoms with Crippen molar-refractivity contribution in [3.05, 3.63) is 93.9 Å². The van der Waals surface area contributed by atoms with Gasteiger partial charge in [-0.3, -0.25) is 4.79 Å². The number of hydrogen-bond donors (Lipinski definition) is 0. The minimum atomic E-state index is -0.598. The second-order valence-corrected chi connectivity index (χ2v) is 8.66. The Morgan fingerprint density at radius 3 is 2.79 bits per heavy atom. The van der Waals surface area contributed by atoms with Gasteiger partial charge in [0.25, 0.3) is 5.91 Å². The first kappa shape index (κ1) is 21.1.